The largest absolute Gasteiger partial charge is 0.457 e. The molecule has 2 aliphatic rings. The Balaban J connectivity index is 1.18. The minimum absolute atomic E-state index is 0.0907. The molecule has 1 saturated heterocycles. The second-order valence-corrected chi connectivity index (χ2v) is 10.6. The molecule has 1 aliphatic heterocycles. The van der Waals surface area contributed by atoms with Gasteiger partial charge in [-0.3, -0.25) is 4.79 Å². The second-order valence-electron chi connectivity index (χ2n) is 10.6. The molecule has 1 spiro atoms. The van der Waals surface area contributed by atoms with Gasteiger partial charge in [-0.1, -0.05) is 24.3 Å². The highest BCUT2D eigenvalue weighted by atomic mass is 16.5. The van der Waals surface area contributed by atoms with Crippen LogP contribution in [0.1, 0.15) is 18.9 Å². The summed E-state index contributed by atoms with van der Waals surface area (Å²) < 4.78 is 7.94. The van der Waals surface area contributed by atoms with Crippen LogP contribution in [0.4, 0.5) is 5.82 Å². The fourth-order valence-electron chi connectivity index (χ4n) is 5.52. The Bertz CT molecular complexity index is 1480. The van der Waals surface area contributed by atoms with E-state index in [9.17, 15) is 4.79 Å². The lowest BCUT2D eigenvalue weighted by molar-refractivity contribution is -0.148. The fourth-order valence-corrected chi connectivity index (χ4v) is 5.52. The van der Waals surface area contributed by atoms with Gasteiger partial charge >= 0.3 is 0 Å². The molecule has 9 nitrogen and oxygen atoms in total. The summed E-state index contributed by atoms with van der Waals surface area (Å²) >= 11 is 0. The van der Waals surface area contributed by atoms with Crippen LogP contribution in [0.2, 0.25) is 0 Å². The van der Waals surface area contributed by atoms with E-state index in [1.807, 2.05) is 89.3 Å². The predicted octanol–water partition coefficient (Wildman–Crippen LogP) is 4.15. The normalized spacial score (nSPS) is 16.8. The Morgan fingerprint density at radius 3 is 2.50 bits per heavy atom. The lowest BCUT2D eigenvalue weighted by Crippen LogP contribution is -2.63. The number of nitrogens with two attached hydrogens (primary N) is 1. The Labute approximate surface area is 221 Å². The van der Waals surface area contributed by atoms with Gasteiger partial charge in [-0.05, 0) is 63.3 Å². The summed E-state index contributed by atoms with van der Waals surface area (Å²) in [4.78, 5) is 25.2. The molecule has 1 saturated carbocycles. The van der Waals surface area contributed by atoms with Crippen molar-refractivity contribution in [1.82, 2.24) is 29.5 Å². The number of amides is 1. The van der Waals surface area contributed by atoms with Crippen molar-refractivity contribution in [2.24, 2.45) is 5.41 Å². The molecule has 4 aromatic rings. The van der Waals surface area contributed by atoms with Gasteiger partial charge in [0, 0.05) is 36.7 Å². The number of para-hydroxylation sites is 1. The molecule has 194 valence electrons. The number of nitrogens with zero attached hydrogens (tertiary/aromatic N) is 6. The number of ether oxygens (including phenoxy) is 1. The molecule has 0 radical (unpaired) electrons. The van der Waals surface area contributed by atoms with Gasteiger partial charge in [0.1, 0.15) is 29.3 Å². The highest BCUT2D eigenvalue weighted by Crippen LogP contribution is 2.54. The molecule has 1 amide bonds. The number of hydrogen-bond acceptors (Lipinski definition) is 7. The van der Waals surface area contributed by atoms with Gasteiger partial charge in [0.15, 0.2) is 5.65 Å². The first-order valence-electron chi connectivity index (χ1n) is 12.8. The summed E-state index contributed by atoms with van der Waals surface area (Å²) in [5.74, 6) is 2.04. The van der Waals surface area contributed by atoms with Crippen molar-refractivity contribution >= 4 is 22.8 Å². The number of anilines is 1. The van der Waals surface area contributed by atoms with E-state index in [0.717, 1.165) is 66.3 Å². The number of hydrogen-bond donors (Lipinski definition) is 1. The maximum Gasteiger partial charge on any atom is 0.246 e. The van der Waals surface area contributed by atoms with E-state index in [1.165, 1.54) is 6.33 Å². The monoisotopic (exact) mass is 509 g/mol. The number of nitrogen functional groups attached to an aromatic ring is 1. The third-order valence-corrected chi connectivity index (χ3v) is 7.40. The summed E-state index contributed by atoms with van der Waals surface area (Å²) in [6.07, 6.45) is 7.02. The van der Waals surface area contributed by atoms with Gasteiger partial charge < -0.3 is 20.3 Å². The zero-order valence-corrected chi connectivity index (χ0v) is 21.6. The van der Waals surface area contributed by atoms with Crippen LogP contribution >= 0.6 is 0 Å². The molecule has 0 unspecified atom stereocenters. The molecular weight excluding hydrogens is 478 g/mol. The Morgan fingerprint density at radius 1 is 1.08 bits per heavy atom. The molecule has 2 aromatic carbocycles. The zero-order chi connectivity index (χ0) is 26.3. The SMILES string of the molecule is CN(C)C/C=C/C(=O)N1CC2(CC(n3nc(-c4ccc(Oc5ccccc5)cc4)c4c(N)ncnc43)C2)C1. The van der Waals surface area contributed by atoms with Crippen LogP contribution in [0.5, 0.6) is 11.5 Å². The molecule has 2 fully saturated rings. The van der Waals surface area contributed by atoms with Crippen LogP contribution in [-0.2, 0) is 4.79 Å². The second kappa shape index (κ2) is 9.57. The average Bonchev–Trinajstić information content (AvgIpc) is 3.24. The minimum Gasteiger partial charge on any atom is -0.457 e. The molecule has 9 heteroatoms. The highest BCUT2D eigenvalue weighted by molar-refractivity contribution is 5.98. The van der Waals surface area contributed by atoms with E-state index >= 15 is 0 Å². The number of rotatable bonds is 7. The van der Waals surface area contributed by atoms with Crippen molar-refractivity contribution in [1.29, 1.82) is 0 Å². The van der Waals surface area contributed by atoms with Crippen LogP contribution in [0.3, 0.4) is 0 Å². The van der Waals surface area contributed by atoms with Crippen molar-refractivity contribution in [3.8, 4) is 22.8 Å². The first-order valence-corrected chi connectivity index (χ1v) is 12.8. The summed E-state index contributed by atoms with van der Waals surface area (Å²) in [6, 6.07) is 17.7. The maximum absolute atomic E-state index is 12.4. The van der Waals surface area contributed by atoms with Crippen LogP contribution in [0.15, 0.2) is 73.1 Å². The first-order chi connectivity index (χ1) is 18.4. The van der Waals surface area contributed by atoms with E-state index < -0.39 is 0 Å². The van der Waals surface area contributed by atoms with Gasteiger partial charge in [0.05, 0.1) is 11.4 Å². The lowest BCUT2D eigenvalue weighted by Gasteiger charge is -2.58. The van der Waals surface area contributed by atoms with Crippen LogP contribution < -0.4 is 10.5 Å². The summed E-state index contributed by atoms with van der Waals surface area (Å²) in [5, 5.41) is 5.75. The van der Waals surface area contributed by atoms with Gasteiger partial charge in [0.25, 0.3) is 0 Å². The Kier molecular flexibility index (Phi) is 6.07. The van der Waals surface area contributed by atoms with Gasteiger partial charge in [-0.25, -0.2) is 14.6 Å². The third-order valence-electron chi connectivity index (χ3n) is 7.40. The number of fused-ring (bicyclic) bond motifs is 1. The van der Waals surface area contributed by atoms with Crippen molar-refractivity contribution in [2.45, 2.75) is 18.9 Å². The molecule has 6 rings (SSSR count). The summed E-state index contributed by atoms with van der Waals surface area (Å²) in [5.41, 5.74) is 8.92. The van der Waals surface area contributed by atoms with E-state index in [4.69, 9.17) is 15.6 Å². The maximum atomic E-state index is 12.4. The van der Waals surface area contributed by atoms with Gasteiger partial charge in [-0.15, -0.1) is 0 Å². The molecule has 1 aliphatic carbocycles. The molecule has 38 heavy (non-hydrogen) atoms. The number of aromatic nitrogens is 4. The zero-order valence-electron chi connectivity index (χ0n) is 21.6. The van der Waals surface area contributed by atoms with Crippen molar-refractivity contribution in [3.05, 3.63) is 73.1 Å². The quantitative estimate of drug-likeness (QED) is 0.374. The Hall–Kier alpha value is -4.24. The molecule has 3 heterocycles. The number of likely N-dealkylation sites (N-methyl/N-ethyl adjacent to an activating group) is 1. The van der Waals surface area contributed by atoms with E-state index in [0.29, 0.717) is 5.82 Å². The van der Waals surface area contributed by atoms with Gasteiger partial charge in [0.2, 0.25) is 5.91 Å². The summed E-state index contributed by atoms with van der Waals surface area (Å²) in [7, 11) is 3.97. The fraction of sp³-hybridized carbons (Fsp3) is 0.310. The topological polar surface area (TPSA) is 102 Å². The first kappa shape index (κ1) is 24.1. The molecule has 2 aromatic heterocycles. The summed E-state index contributed by atoms with van der Waals surface area (Å²) in [6.45, 7) is 2.34. The predicted molar refractivity (Wildman–Crippen MR) is 147 cm³/mol. The van der Waals surface area contributed by atoms with E-state index in [1.54, 1.807) is 6.08 Å². The smallest absolute Gasteiger partial charge is 0.246 e. The standard InChI is InChI=1S/C29H31N7O2/c1-34(2)14-6-9-24(37)35-17-29(18-35)15-21(16-29)36-28-25(27(30)31-19-32-28)26(33-36)20-10-12-23(13-11-20)38-22-7-4-3-5-8-22/h3-13,19,21H,14-18H2,1-2H3,(H2,30,31,32)/b9-6+. The van der Waals surface area contributed by atoms with Crippen molar-refractivity contribution in [3.63, 3.8) is 0 Å². The number of likely N-dealkylation sites (tertiary alicyclic amines) is 1. The number of carbonyl (C=O) groups excluding carboxylic acids is 1. The molecule has 0 bridgehead atoms. The number of benzene rings is 2. The van der Waals surface area contributed by atoms with Crippen molar-refractivity contribution < 1.29 is 9.53 Å². The molecule has 2 N–H and O–H groups in total. The third kappa shape index (κ3) is 4.50. The van der Waals surface area contributed by atoms with Gasteiger partial charge in [-0.2, -0.15) is 5.10 Å². The minimum atomic E-state index is 0.0907. The van der Waals surface area contributed by atoms with Crippen LogP contribution in [-0.4, -0.2) is 69.2 Å². The Morgan fingerprint density at radius 2 is 1.79 bits per heavy atom. The lowest BCUT2D eigenvalue weighted by atomic mass is 9.60. The van der Waals surface area contributed by atoms with E-state index in [2.05, 4.69) is 9.97 Å². The van der Waals surface area contributed by atoms with Crippen molar-refractivity contribution in [2.75, 3.05) is 39.5 Å². The molecule has 0 atom stereocenters. The number of carbonyl (C=O) groups is 1. The molecular formula is C29H31N7O2. The van der Waals surface area contributed by atoms with Crippen LogP contribution in [0, 0.1) is 5.41 Å². The average molecular weight is 510 g/mol. The highest BCUT2D eigenvalue weighted by Gasteiger charge is 2.54. The van der Waals surface area contributed by atoms with Crippen LogP contribution in [0.25, 0.3) is 22.3 Å². The van der Waals surface area contributed by atoms with E-state index in [-0.39, 0.29) is 17.4 Å².